The van der Waals surface area contributed by atoms with E-state index >= 15 is 0 Å². The zero-order chi connectivity index (χ0) is 22.8. The summed E-state index contributed by atoms with van der Waals surface area (Å²) < 4.78 is 9.75. The van der Waals surface area contributed by atoms with Gasteiger partial charge in [0.1, 0.15) is 25.3 Å². The van der Waals surface area contributed by atoms with Crippen LogP contribution in [0.4, 0.5) is 0 Å². The minimum atomic E-state index is -0.933. The molecule has 3 atom stereocenters. The number of ether oxygens (including phenoxy) is 2. The normalized spacial score (nSPS) is 19.4. The standard InChI is InChI=1S/C21H30N4O6/c1-30-12-18(26)23-15-8-9-25(19(27)13-31-2)17(11-15)21(29)24-16(20(22)28)10-14-6-4-3-5-7-14/h3-7,15-17H,8-13H2,1-2H3,(H2,22,28)(H,23,26)(H,24,29)/t15-,16+,17-/m0/s1. The van der Waals surface area contributed by atoms with Gasteiger partial charge >= 0.3 is 0 Å². The topological polar surface area (TPSA) is 140 Å². The van der Waals surface area contributed by atoms with Crippen molar-refractivity contribution >= 4 is 23.6 Å². The molecule has 2 rings (SSSR count). The van der Waals surface area contributed by atoms with Crippen LogP contribution in [0.1, 0.15) is 18.4 Å². The van der Waals surface area contributed by atoms with Crippen LogP contribution in [-0.4, -0.2) is 80.6 Å². The minimum Gasteiger partial charge on any atom is -0.375 e. The van der Waals surface area contributed by atoms with Crippen LogP contribution in [0, 0.1) is 0 Å². The van der Waals surface area contributed by atoms with Gasteiger partial charge in [-0.3, -0.25) is 19.2 Å². The number of nitrogens with one attached hydrogen (secondary N) is 2. The highest BCUT2D eigenvalue weighted by Gasteiger charge is 2.37. The number of carbonyl (C=O) groups excluding carboxylic acids is 4. The molecule has 1 aliphatic heterocycles. The molecular weight excluding hydrogens is 404 g/mol. The summed E-state index contributed by atoms with van der Waals surface area (Å²) in [5.74, 6) is -1.83. The fourth-order valence-corrected chi connectivity index (χ4v) is 3.59. The molecule has 0 bridgehead atoms. The Labute approximate surface area is 181 Å². The second-order valence-electron chi connectivity index (χ2n) is 7.41. The Morgan fingerprint density at radius 2 is 1.81 bits per heavy atom. The molecule has 1 fully saturated rings. The average Bonchev–Trinajstić information content (AvgIpc) is 2.74. The van der Waals surface area contributed by atoms with E-state index in [0.29, 0.717) is 6.42 Å². The lowest BCUT2D eigenvalue weighted by Crippen LogP contribution is -2.60. The number of benzene rings is 1. The summed E-state index contributed by atoms with van der Waals surface area (Å²) in [7, 11) is 2.81. The lowest BCUT2D eigenvalue weighted by atomic mass is 9.95. The van der Waals surface area contributed by atoms with E-state index in [0.717, 1.165) is 5.56 Å². The quantitative estimate of drug-likeness (QED) is 0.430. The Kier molecular flexibility index (Phi) is 9.41. The maximum Gasteiger partial charge on any atom is 0.249 e. The van der Waals surface area contributed by atoms with E-state index in [2.05, 4.69) is 10.6 Å². The molecule has 1 aliphatic rings. The van der Waals surface area contributed by atoms with Crippen molar-refractivity contribution in [2.45, 2.75) is 37.4 Å². The fraction of sp³-hybridized carbons (Fsp3) is 0.524. The number of carbonyl (C=O) groups is 4. The van der Waals surface area contributed by atoms with E-state index in [4.69, 9.17) is 15.2 Å². The van der Waals surface area contributed by atoms with Gasteiger partial charge in [-0.15, -0.1) is 0 Å². The van der Waals surface area contributed by atoms with Gasteiger partial charge in [-0.2, -0.15) is 0 Å². The van der Waals surface area contributed by atoms with Crippen molar-refractivity contribution in [1.82, 2.24) is 15.5 Å². The minimum absolute atomic E-state index is 0.0967. The molecule has 4 N–H and O–H groups in total. The van der Waals surface area contributed by atoms with Crippen molar-refractivity contribution in [3.63, 3.8) is 0 Å². The first-order chi connectivity index (χ1) is 14.8. The van der Waals surface area contributed by atoms with Crippen molar-refractivity contribution in [2.75, 3.05) is 34.0 Å². The molecule has 1 aromatic carbocycles. The van der Waals surface area contributed by atoms with Crippen LogP contribution in [0.3, 0.4) is 0 Å². The van der Waals surface area contributed by atoms with Crippen LogP contribution in [0.2, 0.25) is 0 Å². The van der Waals surface area contributed by atoms with E-state index in [9.17, 15) is 19.2 Å². The Morgan fingerprint density at radius 3 is 2.42 bits per heavy atom. The van der Waals surface area contributed by atoms with Crippen molar-refractivity contribution in [1.29, 1.82) is 0 Å². The molecule has 10 nitrogen and oxygen atoms in total. The number of hydrogen-bond donors (Lipinski definition) is 3. The predicted molar refractivity (Wildman–Crippen MR) is 112 cm³/mol. The molecule has 0 spiro atoms. The molecular formula is C21H30N4O6. The highest BCUT2D eigenvalue weighted by molar-refractivity contribution is 5.92. The summed E-state index contributed by atoms with van der Waals surface area (Å²) in [5.41, 5.74) is 6.35. The highest BCUT2D eigenvalue weighted by atomic mass is 16.5. The van der Waals surface area contributed by atoms with Crippen LogP contribution < -0.4 is 16.4 Å². The maximum atomic E-state index is 13.1. The number of rotatable bonds is 10. The molecule has 170 valence electrons. The van der Waals surface area contributed by atoms with Crippen molar-refractivity contribution < 1.29 is 28.7 Å². The van der Waals surface area contributed by atoms with Gasteiger partial charge < -0.3 is 30.7 Å². The highest BCUT2D eigenvalue weighted by Crippen LogP contribution is 2.19. The third-order valence-corrected chi connectivity index (χ3v) is 5.08. The molecule has 0 unspecified atom stereocenters. The number of nitrogens with two attached hydrogens (primary N) is 1. The number of amides is 4. The summed E-state index contributed by atoms with van der Waals surface area (Å²) in [5, 5.41) is 5.48. The molecule has 10 heteroatoms. The molecule has 0 aliphatic carbocycles. The molecule has 0 saturated carbocycles. The Morgan fingerprint density at radius 1 is 1.13 bits per heavy atom. The van der Waals surface area contributed by atoms with Crippen LogP contribution in [0.15, 0.2) is 30.3 Å². The summed E-state index contributed by atoms with van der Waals surface area (Å²) in [6.07, 6.45) is 0.917. The monoisotopic (exact) mass is 434 g/mol. The second kappa shape index (κ2) is 12.0. The number of piperidine rings is 1. The van der Waals surface area contributed by atoms with E-state index in [-0.39, 0.29) is 50.5 Å². The lowest BCUT2D eigenvalue weighted by Gasteiger charge is -2.39. The summed E-state index contributed by atoms with van der Waals surface area (Å²) in [6.45, 7) is -0.00756. The first-order valence-corrected chi connectivity index (χ1v) is 10.1. The maximum absolute atomic E-state index is 13.1. The molecule has 1 heterocycles. The zero-order valence-electron chi connectivity index (χ0n) is 17.8. The van der Waals surface area contributed by atoms with Gasteiger partial charge in [0.2, 0.25) is 23.6 Å². The smallest absolute Gasteiger partial charge is 0.249 e. The van der Waals surface area contributed by atoms with Gasteiger partial charge in [-0.25, -0.2) is 0 Å². The van der Waals surface area contributed by atoms with Gasteiger partial charge in [0.05, 0.1) is 0 Å². The summed E-state index contributed by atoms with van der Waals surface area (Å²) >= 11 is 0. The van der Waals surface area contributed by atoms with Crippen LogP contribution in [0.5, 0.6) is 0 Å². The van der Waals surface area contributed by atoms with Crippen molar-refractivity contribution in [3.05, 3.63) is 35.9 Å². The Bertz CT molecular complexity index is 772. The SMILES string of the molecule is COCC(=O)N[C@H]1CCN(C(=O)COC)[C@H](C(=O)N[C@H](Cc2ccccc2)C(N)=O)C1. The number of nitrogens with zero attached hydrogens (tertiary/aromatic N) is 1. The second-order valence-corrected chi connectivity index (χ2v) is 7.41. The van der Waals surface area contributed by atoms with Gasteiger partial charge in [-0.05, 0) is 18.4 Å². The van der Waals surface area contributed by atoms with E-state index < -0.39 is 23.9 Å². The third kappa shape index (κ3) is 7.34. The number of likely N-dealkylation sites (tertiary alicyclic amines) is 1. The molecule has 1 aromatic rings. The molecule has 0 radical (unpaired) electrons. The number of methoxy groups -OCH3 is 2. The largest absolute Gasteiger partial charge is 0.375 e. The summed E-state index contributed by atoms with van der Waals surface area (Å²) in [6, 6.07) is 7.05. The first kappa shape index (κ1) is 24.3. The molecule has 4 amide bonds. The van der Waals surface area contributed by atoms with E-state index in [1.54, 1.807) is 0 Å². The van der Waals surface area contributed by atoms with Gasteiger partial charge in [0.15, 0.2) is 0 Å². The number of hydrogen-bond acceptors (Lipinski definition) is 6. The predicted octanol–water partition coefficient (Wildman–Crippen LogP) is -1.03. The van der Waals surface area contributed by atoms with Crippen molar-refractivity contribution in [2.24, 2.45) is 5.73 Å². The van der Waals surface area contributed by atoms with E-state index in [1.165, 1.54) is 19.1 Å². The fourth-order valence-electron chi connectivity index (χ4n) is 3.59. The van der Waals surface area contributed by atoms with Crippen LogP contribution in [-0.2, 0) is 35.1 Å². The number of primary amides is 1. The summed E-state index contributed by atoms with van der Waals surface area (Å²) in [4.78, 5) is 50.8. The van der Waals surface area contributed by atoms with Gasteiger partial charge in [0.25, 0.3) is 0 Å². The first-order valence-electron chi connectivity index (χ1n) is 10.1. The van der Waals surface area contributed by atoms with Crippen molar-refractivity contribution in [3.8, 4) is 0 Å². The van der Waals surface area contributed by atoms with Crippen LogP contribution in [0.25, 0.3) is 0 Å². The van der Waals surface area contributed by atoms with Crippen LogP contribution >= 0.6 is 0 Å². The Hall–Kier alpha value is -2.98. The van der Waals surface area contributed by atoms with Gasteiger partial charge in [-0.1, -0.05) is 30.3 Å². The van der Waals surface area contributed by atoms with E-state index in [1.807, 2.05) is 30.3 Å². The molecule has 0 aromatic heterocycles. The third-order valence-electron chi connectivity index (χ3n) is 5.08. The van der Waals surface area contributed by atoms with Gasteiger partial charge in [0, 0.05) is 33.2 Å². The lowest BCUT2D eigenvalue weighted by molar-refractivity contribution is -0.146. The average molecular weight is 434 g/mol. The molecule has 1 saturated heterocycles. The zero-order valence-corrected chi connectivity index (χ0v) is 17.8. The Balaban J connectivity index is 2.13. The molecule has 31 heavy (non-hydrogen) atoms.